The van der Waals surface area contributed by atoms with Crippen LogP contribution in [0.25, 0.3) is 33.4 Å². The fraction of sp³-hybridized carbons (Fsp3) is 0.207. The standard InChI is InChI=1S/C29H34N4/c1-6-10-12-22(11-7-2)27-20-32-29-26(27)17-24(19-31-29)23-13-14-25(28(30)18-23)21(5)33(15-8-3)16-9-4/h6-7,10-14,17-20H,1-2,5,8-9,15-16,30H2,3-4H3,(H,31,32)/b12-10-,22-11+. The number of aromatic nitrogens is 2. The van der Waals surface area contributed by atoms with Crippen LogP contribution in [-0.2, 0) is 0 Å². The maximum absolute atomic E-state index is 6.50. The van der Waals surface area contributed by atoms with E-state index in [0.29, 0.717) is 0 Å². The molecule has 0 aliphatic rings. The van der Waals surface area contributed by atoms with Crippen molar-refractivity contribution >= 4 is 28.0 Å². The van der Waals surface area contributed by atoms with Crippen molar-refractivity contribution in [3.05, 3.63) is 97.9 Å². The van der Waals surface area contributed by atoms with E-state index in [4.69, 9.17) is 5.73 Å². The molecule has 2 heterocycles. The Hall–Kier alpha value is -3.79. The fourth-order valence-corrected chi connectivity index (χ4v) is 4.03. The van der Waals surface area contributed by atoms with Crippen molar-refractivity contribution in [2.24, 2.45) is 0 Å². The molecule has 0 unspecified atom stereocenters. The van der Waals surface area contributed by atoms with Crippen LogP contribution in [-0.4, -0.2) is 28.0 Å². The third-order valence-corrected chi connectivity index (χ3v) is 5.62. The minimum atomic E-state index is 0.727. The molecule has 3 N–H and O–H groups in total. The summed E-state index contributed by atoms with van der Waals surface area (Å²) in [6.07, 6.45) is 15.5. The van der Waals surface area contributed by atoms with Crippen LogP contribution in [0, 0.1) is 0 Å². The molecule has 33 heavy (non-hydrogen) atoms. The van der Waals surface area contributed by atoms with Gasteiger partial charge in [0.05, 0.1) is 0 Å². The van der Waals surface area contributed by atoms with Crippen molar-refractivity contribution in [3.8, 4) is 11.1 Å². The van der Waals surface area contributed by atoms with Gasteiger partial charge in [-0.15, -0.1) is 0 Å². The maximum atomic E-state index is 6.50. The molecule has 3 aromatic rings. The van der Waals surface area contributed by atoms with Crippen LogP contribution in [0.1, 0.15) is 37.8 Å². The van der Waals surface area contributed by atoms with Crippen LogP contribution in [0.3, 0.4) is 0 Å². The molecular weight excluding hydrogens is 404 g/mol. The third kappa shape index (κ3) is 5.35. The Balaban J connectivity index is 2.00. The molecule has 0 fully saturated rings. The summed E-state index contributed by atoms with van der Waals surface area (Å²) in [6, 6.07) is 8.34. The number of nitrogen functional groups attached to an aromatic ring is 1. The van der Waals surface area contributed by atoms with E-state index in [1.165, 1.54) is 0 Å². The quantitative estimate of drug-likeness (QED) is 0.245. The van der Waals surface area contributed by atoms with E-state index in [0.717, 1.165) is 76.2 Å². The predicted molar refractivity (Wildman–Crippen MR) is 145 cm³/mol. The molecule has 0 radical (unpaired) electrons. The minimum Gasteiger partial charge on any atom is -0.398 e. The maximum Gasteiger partial charge on any atom is 0.137 e. The molecule has 0 aliphatic heterocycles. The monoisotopic (exact) mass is 438 g/mol. The molecule has 0 atom stereocenters. The Morgan fingerprint density at radius 3 is 2.45 bits per heavy atom. The van der Waals surface area contributed by atoms with Crippen LogP contribution in [0.2, 0.25) is 0 Å². The number of hydrogen-bond acceptors (Lipinski definition) is 3. The Morgan fingerprint density at radius 2 is 1.82 bits per heavy atom. The molecule has 1 aromatic carbocycles. The van der Waals surface area contributed by atoms with E-state index in [1.54, 1.807) is 12.2 Å². The van der Waals surface area contributed by atoms with Gasteiger partial charge in [0.2, 0.25) is 0 Å². The highest BCUT2D eigenvalue weighted by atomic mass is 15.1. The molecule has 170 valence electrons. The van der Waals surface area contributed by atoms with E-state index in [1.807, 2.05) is 36.7 Å². The highest BCUT2D eigenvalue weighted by Gasteiger charge is 2.14. The first-order valence-electron chi connectivity index (χ1n) is 11.5. The number of fused-ring (bicyclic) bond motifs is 1. The van der Waals surface area contributed by atoms with Crippen molar-refractivity contribution in [2.75, 3.05) is 18.8 Å². The van der Waals surface area contributed by atoms with Gasteiger partial charge < -0.3 is 15.6 Å². The van der Waals surface area contributed by atoms with Gasteiger partial charge in [-0.05, 0) is 36.1 Å². The zero-order valence-corrected chi connectivity index (χ0v) is 19.8. The topological polar surface area (TPSA) is 57.9 Å². The normalized spacial score (nSPS) is 11.8. The van der Waals surface area contributed by atoms with Crippen LogP contribution >= 0.6 is 0 Å². The Kier molecular flexibility index (Phi) is 8.09. The van der Waals surface area contributed by atoms with Crippen LogP contribution in [0.5, 0.6) is 0 Å². The summed E-state index contributed by atoms with van der Waals surface area (Å²) < 4.78 is 0. The number of rotatable bonds is 11. The lowest BCUT2D eigenvalue weighted by atomic mass is 9.99. The molecule has 0 aliphatic carbocycles. The largest absolute Gasteiger partial charge is 0.398 e. The smallest absolute Gasteiger partial charge is 0.137 e. The number of nitrogens with one attached hydrogen (secondary N) is 1. The van der Waals surface area contributed by atoms with E-state index < -0.39 is 0 Å². The molecule has 0 saturated carbocycles. The number of nitrogens with two attached hydrogens (primary N) is 1. The van der Waals surface area contributed by atoms with Crippen LogP contribution in [0.15, 0.2) is 86.8 Å². The second kappa shape index (κ2) is 11.2. The first-order valence-corrected chi connectivity index (χ1v) is 11.5. The average Bonchev–Trinajstić information content (AvgIpc) is 3.24. The minimum absolute atomic E-state index is 0.727. The second-order valence-electron chi connectivity index (χ2n) is 8.01. The molecule has 0 bridgehead atoms. The fourth-order valence-electron chi connectivity index (χ4n) is 4.03. The molecule has 0 spiro atoms. The summed E-state index contributed by atoms with van der Waals surface area (Å²) in [6.45, 7) is 18.3. The zero-order valence-electron chi connectivity index (χ0n) is 19.8. The first-order chi connectivity index (χ1) is 16.0. The van der Waals surface area contributed by atoms with Gasteiger partial charge >= 0.3 is 0 Å². The third-order valence-electron chi connectivity index (χ3n) is 5.62. The Morgan fingerprint density at radius 1 is 1.06 bits per heavy atom. The van der Waals surface area contributed by atoms with Gasteiger partial charge in [-0.2, -0.15) is 0 Å². The number of benzene rings is 1. The number of allylic oxidation sites excluding steroid dienone is 6. The number of aromatic amines is 1. The van der Waals surface area contributed by atoms with Crippen LogP contribution < -0.4 is 5.73 Å². The highest BCUT2D eigenvalue weighted by molar-refractivity contribution is 5.96. The van der Waals surface area contributed by atoms with Gasteiger partial charge in [0, 0.05) is 58.9 Å². The van der Waals surface area contributed by atoms with Crippen molar-refractivity contribution in [3.63, 3.8) is 0 Å². The summed E-state index contributed by atoms with van der Waals surface area (Å²) in [5.74, 6) is 0. The van der Waals surface area contributed by atoms with Gasteiger partial charge in [0.1, 0.15) is 5.65 Å². The van der Waals surface area contributed by atoms with Gasteiger partial charge in [-0.25, -0.2) is 4.98 Å². The van der Waals surface area contributed by atoms with Gasteiger partial charge in [0.25, 0.3) is 0 Å². The lowest BCUT2D eigenvalue weighted by molar-refractivity contribution is 0.397. The molecular formula is C29H34N4. The van der Waals surface area contributed by atoms with Gasteiger partial charge in [-0.1, -0.05) is 76.1 Å². The van der Waals surface area contributed by atoms with Crippen molar-refractivity contribution in [1.82, 2.24) is 14.9 Å². The highest BCUT2D eigenvalue weighted by Crippen LogP contribution is 2.32. The number of anilines is 1. The molecule has 3 rings (SSSR count). The lowest BCUT2D eigenvalue weighted by Crippen LogP contribution is -2.23. The van der Waals surface area contributed by atoms with E-state index >= 15 is 0 Å². The number of hydrogen-bond donors (Lipinski definition) is 2. The van der Waals surface area contributed by atoms with Crippen molar-refractivity contribution < 1.29 is 0 Å². The SMILES string of the molecule is C=C/C=C\C(=C/C=C)c1c[nH]c2ncc(-c3ccc(C(=C)N(CCC)CCC)c(N)c3)cc12. The van der Waals surface area contributed by atoms with E-state index in [2.05, 4.69) is 66.7 Å². The summed E-state index contributed by atoms with van der Waals surface area (Å²) >= 11 is 0. The van der Waals surface area contributed by atoms with Crippen molar-refractivity contribution in [2.45, 2.75) is 26.7 Å². The summed E-state index contributed by atoms with van der Waals surface area (Å²) in [5.41, 5.74) is 14.2. The number of nitrogens with zero attached hydrogens (tertiary/aromatic N) is 2. The molecule has 4 heteroatoms. The Bertz CT molecular complexity index is 1200. The second-order valence-corrected chi connectivity index (χ2v) is 8.01. The summed E-state index contributed by atoms with van der Waals surface area (Å²) in [4.78, 5) is 10.2. The average molecular weight is 439 g/mol. The van der Waals surface area contributed by atoms with E-state index in [-0.39, 0.29) is 0 Å². The van der Waals surface area contributed by atoms with Crippen LogP contribution in [0.4, 0.5) is 5.69 Å². The molecule has 2 aromatic heterocycles. The van der Waals surface area contributed by atoms with Gasteiger partial charge in [-0.3, -0.25) is 0 Å². The van der Waals surface area contributed by atoms with Crippen molar-refractivity contribution in [1.29, 1.82) is 0 Å². The summed E-state index contributed by atoms with van der Waals surface area (Å²) in [5, 5.41) is 1.04. The van der Waals surface area contributed by atoms with Gasteiger partial charge in [0.15, 0.2) is 0 Å². The number of H-pyrrole nitrogens is 1. The lowest BCUT2D eigenvalue weighted by Gasteiger charge is -2.27. The zero-order chi connectivity index (χ0) is 23.8. The Labute approximate surface area is 197 Å². The first kappa shape index (κ1) is 23.9. The summed E-state index contributed by atoms with van der Waals surface area (Å²) in [7, 11) is 0. The number of pyridine rings is 1. The van der Waals surface area contributed by atoms with E-state index in [9.17, 15) is 0 Å². The molecule has 0 saturated heterocycles. The predicted octanol–water partition coefficient (Wildman–Crippen LogP) is 7.22. The molecule has 4 nitrogen and oxygen atoms in total. The molecule has 0 amide bonds.